The number of rotatable bonds is 4. The van der Waals surface area contributed by atoms with Crippen molar-refractivity contribution in [3.8, 4) is 0 Å². The zero-order valence-corrected chi connectivity index (χ0v) is 17.3. The Balaban J connectivity index is 1.44. The SMILES string of the molecule is O=C1CCC(N2Cc3cc(CNC(=O)c4ccc(Cl)c([ClH+])c4)ccc3C2=O)C(=O)N1. The first-order valence-corrected chi connectivity index (χ1v) is 10.1. The number of carbonyl (C=O) groups is 4. The number of nitrogens with zero attached hydrogens (tertiary/aromatic N) is 1. The van der Waals surface area contributed by atoms with Crippen LogP contribution in [0.4, 0.5) is 0 Å². The van der Waals surface area contributed by atoms with Gasteiger partial charge in [-0.3, -0.25) is 24.5 Å². The molecule has 2 N–H and O–H groups in total. The Labute approximate surface area is 182 Å². The van der Waals surface area contributed by atoms with Gasteiger partial charge in [0.1, 0.15) is 11.1 Å². The predicted octanol–water partition coefficient (Wildman–Crippen LogP) is 1.73. The van der Waals surface area contributed by atoms with Crippen molar-refractivity contribution < 1.29 is 30.8 Å². The molecule has 4 rings (SSSR count). The molecule has 4 amide bonds. The molecule has 1 saturated heterocycles. The minimum atomic E-state index is -0.650. The van der Waals surface area contributed by atoms with Gasteiger partial charge in [-0.15, -0.1) is 0 Å². The summed E-state index contributed by atoms with van der Waals surface area (Å²) >= 11 is 11.0. The van der Waals surface area contributed by atoms with Gasteiger partial charge < -0.3 is 10.2 Å². The van der Waals surface area contributed by atoms with Crippen LogP contribution >= 0.6 is 11.6 Å². The maximum atomic E-state index is 12.7. The molecule has 2 aliphatic heterocycles. The summed E-state index contributed by atoms with van der Waals surface area (Å²) < 4.78 is 0. The van der Waals surface area contributed by atoms with Crippen molar-refractivity contribution in [3.63, 3.8) is 0 Å². The third kappa shape index (κ3) is 3.91. The molecule has 1 atom stereocenters. The van der Waals surface area contributed by atoms with Crippen LogP contribution in [-0.2, 0) is 22.7 Å². The van der Waals surface area contributed by atoms with Gasteiger partial charge in [0.15, 0.2) is 11.6 Å². The maximum Gasteiger partial charge on any atom is 0.255 e. The molecule has 0 aliphatic carbocycles. The van der Waals surface area contributed by atoms with E-state index in [0.717, 1.165) is 11.1 Å². The molecule has 0 spiro atoms. The largest absolute Gasteiger partial charge is 0.348 e. The second-order valence-electron chi connectivity index (χ2n) is 7.22. The highest BCUT2D eigenvalue weighted by Crippen LogP contribution is 2.28. The lowest BCUT2D eigenvalue weighted by Crippen LogP contribution is -2.52. The number of halogens is 2. The fourth-order valence-corrected chi connectivity index (χ4v) is 3.98. The maximum absolute atomic E-state index is 12.7. The van der Waals surface area contributed by atoms with Gasteiger partial charge in [-0.2, -0.15) is 0 Å². The number of benzene rings is 2. The highest BCUT2D eigenvalue weighted by atomic mass is 35.5. The molecule has 2 aliphatic rings. The first-order chi connectivity index (χ1) is 14.3. The number of carbonyl (C=O) groups excluding carboxylic acids is 4. The van der Waals surface area contributed by atoms with E-state index in [-0.39, 0.29) is 30.7 Å². The first kappa shape index (κ1) is 20.4. The van der Waals surface area contributed by atoms with Gasteiger partial charge in [-0.05, 0) is 35.7 Å². The van der Waals surface area contributed by atoms with Gasteiger partial charge in [0, 0.05) is 36.7 Å². The van der Waals surface area contributed by atoms with Crippen molar-refractivity contribution in [1.82, 2.24) is 15.5 Å². The average Bonchev–Trinajstić information content (AvgIpc) is 3.04. The van der Waals surface area contributed by atoms with Crippen LogP contribution in [0.25, 0.3) is 0 Å². The molecule has 1 fully saturated rings. The van der Waals surface area contributed by atoms with Gasteiger partial charge in [0.25, 0.3) is 11.8 Å². The van der Waals surface area contributed by atoms with E-state index in [4.69, 9.17) is 23.2 Å². The van der Waals surface area contributed by atoms with Crippen LogP contribution < -0.4 is 10.6 Å². The topological polar surface area (TPSA) is 95.6 Å². The van der Waals surface area contributed by atoms with E-state index in [1.807, 2.05) is 6.07 Å². The standard InChI is InChI=1S/C21H17Cl2N3O4/c22-15-4-2-12(8-16(15)23)19(28)24-9-11-1-3-14-13(7-11)10-26(21(14)30)17-5-6-18(27)25-20(17)29/h1-4,7-8,17,23H,5-6,9-10H2,(H-,24,25,27,28,29)/p+1. The van der Waals surface area contributed by atoms with Crippen molar-refractivity contribution in [3.05, 3.63) is 68.7 Å². The summed E-state index contributed by atoms with van der Waals surface area (Å²) in [6.07, 6.45) is 0.532. The molecule has 7 nitrogen and oxygen atoms in total. The first-order valence-electron chi connectivity index (χ1n) is 9.34. The highest BCUT2D eigenvalue weighted by molar-refractivity contribution is 6.31. The van der Waals surface area contributed by atoms with Crippen LogP contribution in [0.5, 0.6) is 0 Å². The molecule has 154 valence electrons. The summed E-state index contributed by atoms with van der Waals surface area (Å²) in [5.74, 6) is -1.26. The van der Waals surface area contributed by atoms with Crippen LogP contribution in [-0.4, -0.2) is 34.6 Å². The van der Waals surface area contributed by atoms with Gasteiger partial charge >= 0.3 is 0 Å². The molecule has 30 heavy (non-hydrogen) atoms. The number of hydrogen-bond donors (Lipinski definition) is 2. The second-order valence-corrected chi connectivity index (χ2v) is 8.07. The molecule has 2 aromatic rings. The minimum Gasteiger partial charge on any atom is -0.348 e. The fraction of sp³-hybridized carbons (Fsp3) is 0.238. The second kappa shape index (κ2) is 8.08. The van der Waals surface area contributed by atoms with Crippen molar-refractivity contribution in [2.45, 2.75) is 32.0 Å². The average molecular weight is 447 g/mol. The van der Waals surface area contributed by atoms with Crippen LogP contribution in [0.15, 0.2) is 36.4 Å². The Bertz CT molecular complexity index is 1090. The van der Waals surface area contributed by atoms with Crippen LogP contribution in [0.3, 0.4) is 0 Å². The van der Waals surface area contributed by atoms with Gasteiger partial charge in [0.2, 0.25) is 16.8 Å². The summed E-state index contributed by atoms with van der Waals surface area (Å²) in [4.78, 5) is 50.0. The summed E-state index contributed by atoms with van der Waals surface area (Å²) in [6, 6.07) is 9.41. The van der Waals surface area contributed by atoms with Gasteiger partial charge in [0.05, 0.1) is 0 Å². The summed E-state index contributed by atoms with van der Waals surface area (Å²) in [7, 11) is 0. The lowest BCUT2D eigenvalue weighted by molar-refractivity contribution is -0.288. The number of hydrogen-bond acceptors (Lipinski definition) is 4. The quantitative estimate of drug-likeness (QED) is 0.698. The minimum absolute atomic E-state index is 0.213. The van der Waals surface area contributed by atoms with E-state index in [9.17, 15) is 19.2 Å². The van der Waals surface area contributed by atoms with E-state index in [1.54, 1.807) is 30.3 Å². The Morgan fingerprint density at radius 3 is 2.73 bits per heavy atom. The molecule has 0 saturated carbocycles. The fourth-order valence-electron chi connectivity index (χ4n) is 3.67. The summed E-state index contributed by atoms with van der Waals surface area (Å²) in [5.41, 5.74) is 2.57. The third-order valence-electron chi connectivity index (χ3n) is 5.23. The van der Waals surface area contributed by atoms with Crippen LogP contribution in [0.1, 0.15) is 44.7 Å². The number of fused-ring (bicyclic) bond motifs is 1. The molecular weight excluding hydrogens is 429 g/mol. The Kier molecular flexibility index (Phi) is 5.49. The molecule has 2 heterocycles. The highest BCUT2D eigenvalue weighted by Gasteiger charge is 2.39. The Hall–Kier alpha value is -2.90. The van der Waals surface area contributed by atoms with E-state index in [2.05, 4.69) is 10.6 Å². The molecule has 0 aromatic heterocycles. The zero-order valence-electron chi connectivity index (χ0n) is 15.7. The van der Waals surface area contributed by atoms with Crippen molar-refractivity contribution in [2.24, 2.45) is 0 Å². The summed E-state index contributed by atoms with van der Waals surface area (Å²) in [6.45, 7) is 0.562. The number of nitrogens with one attached hydrogen (secondary N) is 2. The number of amides is 4. The summed E-state index contributed by atoms with van der Waals surface area (Å²) in [5, 5.41) is 5.94. The van der Waals surface area contributed by atoms with Crippen LogP contribution in [0.2, 0.25) is 10.0 Å². The van der Waals surface area contributed by atoms with E-state index < -0.39 is 11.9 Å². The van der Waals surface area contributed by atoms with Gasteiger partial charge in [-0.1, -0.05) is 23.7 Å². The molecule has 0 bridgehead atoms. The van der Waals surface area contributed by atoms with E-state index >= 15 is 0 Å². The smallest absolute Gasteiger partial charge is 0.255 e. The third-order valence-corrected chi connectivity index (χ3v) is 6.01. The van der Waals surface area contributed by atoms with Crippen molar-refractivity contribution in [1.29, 1.82) is 0 Å². The molecular formula is C21H18Cl2N3O4+. The predicted molar refractivity (Wildman–Crippen MR) is 106 cm³/mol. The lowest BCUT2D eigenvalue weighted by Gasteiger charge is -2.29. The normalized spacial score (nSPS) is 18.3. The number of piperidine rings is 1. The molecule has 0 radical (unpaired) electrons. The zero-order chi connectivity index (χ0) is 21.4. The van der Waals surface area contributed by atoms with Crippen molar-refractivity contribution >= 4 is 35.2 Å². The van der Waals surface area contributed by atoms with Crippen LogP contribution in [0, 0.1) is 11.6 Å². The van der Waals surface area contributed by atoms with E-state index in [1.165, 1.54) is 4.90 Å². The van der Waals surface area contributed by atoms with E-state index in [0.29, 0.717) is 34.1 Å². The molecule has 9 heteroatoms. The monoisotopic (exact) mass is 446 g/mol. The van der Waals surface area contributed by atoms with Gasteiger partial charge in [-0.25, -0.2) is 0 Å². The lowest BCUT2D eigenvalue weighted by atomic mass is 10.0. The Morgan fingerprint density at radius 1 is 1.20 bits per heavy atom. The molecule has 2 aromatic carbocycles. The van der Waals surface area contributed by atoms with Crippen molar-refractivity contribution in [2.75, 3.05) is 0 Å². The number of imide groups is 1. The molecule has 1 unspecified atom stereocenters. The Morgan fingerprint density at radius 2 is 2.00 bits per heavy atom.